The van der Waals surface area contributed by atoms with E-state index in [0.29, 0.717) is 13.1 Å². The van der Waals surface area contributed by atoms with Gasteiger partial charge < -0.3 is 14.7 Å². The molecule has 1 fully saturated rings. The first-order valence-electron chi connectivity index (χ1n) is 7.64. The Hall–Kier alpha value is -0.910. The highest BCUT2D eigenvalue weighted by Gasteiger charge is 2.38. The fourth-order valence-corrected chi connectivity index (χ4v) is 4.51. The van der Waals surface area contributed by atoms with Crippen LogP contribution in [0, 0.1) is 0 Å². The van der Waals surface area contributed by atoms with E-state index in [1.54, 1.807) is 11.3 Å². The molecule has 2 heterocycles. The van der Waals surface area contributed by atoms with Crippen LogP contribution < -0.4 is 0 Å². The molecule has 0 saturated carbocycles. The second-order valence-electron chi connectivity index (χ2n) is 6.64. The van der Waals surface area contributed by atoms with Gasteiger partial charge in [0.15, 0.2) is 0 Å². The lowest BCUT2D eigenvalue weighted by Gasteiger charge is -2.43. The number of rotatable bonds is 2. The number of ether oxygens (including phenoxy) is 1. The quantitative estimate of drug-likeness (QED) is 0.911. The summed E-state index contributed by atoms with van der Waals surface area (Å²) in [5.41, 5.74) is 0.828. The van der Waals surface area contributed by atoms with Crippen LogP contribution >= 0.6 is 11.3 Å². The van der Waals surface area contributed by atoms with Crippen molar-refractivity contribution in [2.45, 2.75) is 50.7 Å². The number of carbonyl (C=O) groups is 1. The average molecular weight is 309 g/mol. The smallest absolute Gasteiger partial charge is 0.230 e. The predicted molar refractivity (Wildman–Crippen MR) is 82.6 cm³/mol. The van der Waals surface area contributed by atoms with Gasteiger partial charge in [-0.05, 0) is 50.1 Å². The Morgan fingerprint density at radius 3 is 3.14 bits per heavy atom. The molecular weight excluding hydrogens is 286 g/mol. The maximum atomic E-state index is 13.0. The summed E-state index contributed by atoms with van der Waals surface area (Å²) in [5, 5.41) is 11.5. The molecule has 1 N–H and O–H groups in total. The fraction of sp³-hybridized carbons (Fsp3) is 0.688. The third-order valence-electron chi connectivity index (χ3n) is 4.35. The van der Waals surface area contributed by atoms with Crippen LogP contribution in [0.3, 0.4) is 0 Å². The van der Waals surface area contributed by atoms with Crippen molar-refractivity contribution in [3.8, 4) is 0 Å². The Balaban J connectivity index is 1.79. The van der Waals surface area contributed by atoms with Gasteiger partial charge in [-0.1, -0.05) is 0 Å². The van der Waals surface area contributed by atoms with Gasteiger partial charge in [0.2, 0.25) is 5.91 Å². The molecule has 1 amide bonds. The Labute approximate surface area is 129 Å². The van der Waals surface area contributed by atoms with Crippen molar-refractivity contribution in [2.24, 2.45) is 0 Å². The molecule has 2 aliphatic rings. The lowest BCUT2D eigenvalue weighted by molar-refractivity contribution is -0.168. The summed E-state index contributed by atoms with van der Waals surface area (Å²) in [7, 11) is 0. The number of aliphatic hydroxyl groups is 1. The SMILES string of the molecule is CC1(C)CN(C(=O)C2CCCc3sccc32)CC(CO)O1. The van der Waals surface area contributed by atoms with Gasteiger partial charge in [0.1, 0.15) is 0 Å². The monoisotopic (exact) mass is 309 g/mol. The van der Waals surface area contributed by atoms with E-state index in [-0.39, 0.29) is 24.5 Å². The summed E-state index contributed by atoms with van der Waals surface area (Å²) < 4.78 is 5.80. The Morgan fingerprint density at radius 1 is 1.57 bits per heavy atom. The van der Waals surface area contributed by atoms with Crippen molar-refractivity contribution < 1.29 is 14.6 Å². The first-order chi connectivity index (χ1) is 10.00. The van der Waals surface area contributed by atoms with Gasteiger partial charge >= 0.3 is 0 Å². The van der Waals surface area contributed by atoms with Gasteiger partial charge in [0, 0.05) is 18.0 Å². The van der Waals surface area contributed by atoms with E-state index in [1.807, 2.05) is 18.7 Å². The molecule has 1 saturated heterocycles. The van der Waals surface area contributed by atoms with Gasteiger partial charge in [-0.3, -0.25) is 4.79 Å². The number of morpholine rings is 1. The zero-order valence-corrected chi connectivity index (χ0v) is 13.5. The number of thiophene rings is 1. The predicted octanol–water partition coefficient (Wildman–Crippen LogP) is 2.17. The first-order valence-corrected chi connectivity index (χ1v) is 8.52. The summed E-state index contributed by atoms with van der Waals surface area (Å²) >= 11 is 1.76. The van der Waals surface area contributed by atoms with Gasteiger partial charge in [-0.15, -0.1) is 11.3 Å². The van der Waals surface area contributed by atoms with E-state index in [2.05, 4.69) is 11.4 Å². The van der Waals surface area contributed by atoms with E-state index < -0.39 is 5.60 Å². The minimum atomic E-state index is -0.395. The summed E-state index contributed by atoms with van der Waals surface area (Å²) in [5.74, 6) is 0.192. The molecule has 1 aromatic heterocycles. The number of hydrogen-bond donors (Lipinski definition) is 1. The molecule has 2 atom stereocenters. The molecule has 1 aliphatic carbocycles. The standard InChI is InChI=1S/C16H23NO3S/c1-16(2)10-17(8-11(9-18)20-16)15(19)13-4-3-5-14-12(13)6-7-21-14/h6-7,11,13,18H,3-5,8-10H2,1-2H3. The molecule has 0 radical (unpaired) electrons. The molecule has 1 aromatic rings. The fourth-order valence-electron chi connectivity index (χ4n) is 3.52. The molecule has 21 heavy (non-hydrogen) atoms. The van der Waals surface area contributed by atoms with Gasteiger partial charge in [-0.25, -0.2) is 0 Å². The molecular formula is C16H23NO3S. The minimum absolute atomic E-state index is 0.00626. The average Bonchev–Trinajstić information content (AvgIpc) is 2.93. The Morgan fingerprint density at radius 2 is 2.38 bits per heavy atom. The lowest BCUT2D eigenvalue weighted by atomic mass is 9.86. The number of fused-ring (bicyclic) bond motifs is 1. The summed E-state index contributed by atoms with van der Waals surface area (Å²) in [4.78, 5) is 16.2. The summed E-state index contributed by atoms with van der Waals surface area (Å²) in [6.45, 7) is 5.01. The van der Waals surface area contributed by atoms with Crippen molar-refractivity contribution in [1.82, 2.24) is 4.90 Å². The van der Waals surface area contributed by atoms with Gasteiger partial charge in [-0.2, -0.15) is 0 Å². The van der Waals surface area contributed by atoms with Crippen LogP contribution in [-0.4, -0.2) is 47.3 Å². The largest absolute Gasteiger partial charge is 0.394 e. The zero-order chi connectivity index (χ0) is 15.0. The van der Waals surface area contributed by atoms with Gasteiger partial charge in [0.25, 0.3) is 0 Å². The molecule has 2 unspecified atom stereocenters. The summed E-state index contributed by atoms with van der Waals surface area (Å²) in [6, 6.07) is 2.11. The number of aryl methyl sites for hydroxylation is 1. The third kappa shape index (κ3) is 3.00. The molecule has 0 bridgehead atoms. The van der Waals surface area contributed by atoms with Crippen LogP contribution in [0.5, 0.6) is 0 Å². The third-order valence-corrected chi connectivity index (χ3v) is 5.34. The normalized spacial score (nSPS) is 28.2. The zero-order valence-electron chi connectivity index (χ0n) is 12.7. The highest BCUT2D eigenvalue weighted by atomic mass is 32.1. The van der Waals surface area contributed by atoms with E-state index in [1.165, 1.54) is 10.4 Å². The second kappa shape index (κ2) is 5.71. The molecule has 4 nitrogen and oxygen atoms in total. The van der Waals surface area contributed by atoms with E-state index >= 15 is 0 Å². The minimum Gasteiger partial charge on any atom is -0.394 e. The number of amides is 1. The molecule has 3 rings (SSSR count). The van der Waals surface area contributed by atoms with Crippen molar-refractivity contribution in [1.29, 1.82) is 0 Å². The van der Waals surface area contributed by atoms with Crippen molar-refractivity contribution in [2.75, 3.05) is 19.7 Å². The van der Waals surface area contributed by atoms with Crippen LogP contribution in [-0.2, 0) is 16.0 Å². The van der Waals surface area contributed by atoms with E-state index in [4.69, 9.17) is 4.74 Å². The number of nitrogens with zero attached hydrogens (tertiary/aromatic N) is 1. The first kappa shape index (κ1) is 15.0. The van der Waals surface area contributed by atoms with Crippen LogP contribution in [0.4, 0.5) is 0 Å². The number of hydrogen-bond acceptors (Lipinski definition) is 4. The number of aliphatic hydroxyl groups excluding tert-OH is 1. The second-order valence-corrected chi connectivity index (χ2v) is 7.65. The van der Waals surface area contributed by atoms with Crippen LogP contribution in [0.15, 0.2) is 11.4 Å². The Kier molecular flexibility index (Phi) is 4.08. The van der Waals surface area contributed by atoms with Crippen LogP contribution in [0.1, 0.15) is 43.0 Å². The molecule has 116 valence electrons. The van der Waals surface area contributed by atoms with Crippen molar-refractivity contribution >= 4 is 17.2 Å². The van der Waals surface area contributed by atoms with E-state index in [0.717, 1.165) is 19.3 Å². The topological polar surface area (TPSA) is 49.8 Å². The van der Waals surface area contributed by atoms with Crippen LogP contribution in [0.25, 0.3) is 0 Å². The van der Waals surface area contributed by atoms with Crippen LogP contribution in [0.2, 0.25) is 0 Å². The highest BCUT2D eigenvalue weighted by Crippen LogP contribution is 2.37. The highest BCUT2D eigenvalue weighted by molar-refractivity contribution is 7.10. The van der Waals surface area contributed by atoms with Crippen molar-refractivity contribution in [3.05, 3.63) is 21.9 Å². The summed E-state index contributed by atoms with van der Waals surface area (Å²) in [6.07, 6.45) is 2.85. The molecule has 1 aliphatic heterocycles. The molecule has 0 aromatic carbocycles. The van der Waals surface area contributed by atoms with Crippen molar-refractivity contribution in [3.63, 3.8) is 0 Å². The molecule has 5 heteroatoms. The number of carbonyl (C=O) groups excluding carboxylic acids is 1. The van der Waals surface area contributed by atoms with Gasteiger partial charge in [0.05, 0.1) is 24.2 Å². The maximum absolute atomic E-state index is 13.0. The molecule has 0 spiro atoms. The maximum Gasteiger partial charge on any atom is 0.230 e. The Bertz CT molecular complexity index is 525. The van der Waals surface area contributed by atoms with E-state index in [9.17, 15) is 9.90 Å². The lowest BCUT2D eigenvalue weighted by Crippen LogP contribution is -2.56.